The first kappa shape index (κ1) is 15.0. The Kier molecular flexibility index (Phi) is 3.59. The van der Waals surface area contributed by atoms with Gasteiger partial charge in [-0.1, -0.05) is 30.3 Å². The zero-order valence-corrected chi connectivity index (χ0v) is 14.2. The Labute approximate surface area is 149 Å². The SMILES string of the molecule is c1ccc(-c2nnc3ccc(NCCc4nnc5n4CCC5)nn23)cc1. The Balaban J connectivity index is 1.34. The number of hydrogen-bond acceptors (Lipinski definition) is 6. The molecule has 0 radical (unpaired) electrons. The van der Waals surface area contributed by atoms with Crippen LogP contribution in [0.25, 0.3) is 17.0 Å². The largest absolute Gasteiger partial charge is 0.368 e. The number of benzene rings is 1. The van der Waals surface area contributed by atoms with Crippen LogP contribution in [0.5, 0.6) is 0 Å². The quantitative estimate of drug-likeness (QED) is 0.595. The normalized spacial score (nSPS) is 13.2. The van der Waals surface area contributed by atoms with Gasteiger partial charge in [-0.3, -0.25) is 0 Å². The van der Waals surface area contributed by atoms with E-state index < -0.39 is 0 Å². The Morgan fingerprint density at radius 2 is 1.88 bits per heavy atom. The average molecular weight is 346 g/mol. The molecule has 0 saturated carbocycles. The van der Waals surface area contributed by atoms with Crippen LogP contribution < -0.4 is 5.32 Å². The molecule has 26 heavy (non-hydrogen) atoms. The molecule has 0 fully saturated rings. The van der Waals surface area contributed by atoms with E-state index in [4.69, 9.17) is 0 Å². The van der Waals surface area contributed by atoms with Crippen molar-refractivity contribution in [1.29, 1.82) is 0 Å². The minimum atomic E-state index is 0.727. The first-order valence-electron chi connectivity index (χ1n) is 8.81. The van der Waals surface area contributed by atoms with Crippen molar-refractivity contribution in [3.05, 3.63) is 54.1 Å². The molecule has 4 heterocycles. The summed E-state index contributed by atoms with van der Waals surface area (Å²) < 4.78 is 4.00. The van der Waals surface area contributed by atoms with Crippen molar-refractivity contribution >= 4 is 11.5 Å². The number of nitrogens with zero attached hydrogens (tertiary/aromatic N) is 7. The van der Waals surface area contributed by atoms with Crippen molar-refractivity contribution < 1.29 is 0 Å². The highest BCUT2D eigenvalue weighted by atomic mass is 15.4. The third kappa shape index (κ3) is 2.59. The molecule has 1 aliphatic heterocycles. The lowest BCUT2D eigenvalue weighted by Gasteiger charge is -2.07. The lowest BCUT2D eigenvalue weighted by molar-refractivity contribution is 0.686. The minimum absolute atomic E-state index is 0.727. The van der Waals surface area contributed by atoms with Crippen molar-refractivity contribution in [2.24, 2.45) is 0 Å². The van der Waals surface area contributed by atoms with Gasteiger partial charge in [-0.15, -0.1) is 25.5 Å². The number of anilines is 1. The average Bonchev–Trinajstić information content (AvgIpc) is 3.38. The van der Waals surface area contributed by atoms with Gasteiger partial charge in [0.1, 0.15) is 17.5 Å². The van der Waals surface area contributed by atoms with Gasteiger partial charge in [0.05, 0.1) is 0 Å². The summed E-state index contributed by atoms with van der Waals surface area (Å²) in [6.07, 6.45) is 3.02. The molecular formula is C18H18N8. The maximum atomic E-state index is 4.64. The van der Waals surface area contributed by atoms with E-state index in [-0.39, 0.29) is 0 Å². The van der Waals surface area contributed by atoms with Crippen LogP contribution >= 0.6 is 0 Å². The second kappa shape index (κ2) is 6.21. The van der Waals surface area contributed by atoms with Crippen molar-refractivity contribution in [1.82, 2.24) is 34.6 Å². The third-order valence-electron chi connectivity index (χ3n) is 4.64. The molecule has 0 bridgehead atoms. The summed E-state index contributed by atoms with van der Waals surface area (Å²) in [5, 5.41) is 25.0. The standard InChI is InChI=1S/C18H18N8/c1-2-5-13(6-3-1)18-23-22-17-9-8-14(24-26(17)18)19-11-10-16-21-20-15-7-4-12-25(15)16/h1-3,5-6,8-9H,4,7,10-12H2,(H,19,24). The Hall–Kier alpha value is -3.29. The third-order valence-corrected chi connectivity index (χ3v) is 4.64. The first-order valence-corrected chi connectivity index (χ1v) is 8.81. The number of rotatable bonds is 5. The van der Waals surface area contributed by atoms with Gasteiger partial charge in [0.2, 0.25) is 0 Å². The molecule has 3 aromatic heterocycles. The molecule has 0 spiro atoms. The van der Waals surface area contributed by atoms with Crippen molar-refractivity contribution in [2.45, 2.75) is 25.8 Å². The highest BCUT2D eigenvalue weighted by Gasteiger charge is 2.16. The van der Waals surface area contributed by atoms with Gasteiger partial charge in [-0.05, 0) is 18.6 Å². The van der Waals surface area contributed by atoms with E-state index in [1.54, 1.807) is 4.52 Å². The van der Waals surface area contributed by atoms with Crippen LogP contribution in [0.4, 0.5) is 5.82 Å². The van der Waals surface area contributed by atoms with Crippen LogP contribution in [0.1, 0.15) is 18.1 Å². The van der Waals surface area contributed by atoms with E-state index >= 15 is 0 Å². The van der Waals surface area contributed by atoms with E-state index in [0.29, 0.717) is 0 Å². The molecule has 0 atom stereocenters. The smallest absolute Gasteiger partial charge is 0.185 e. The Morgan fingerprint density at radius 1 is 0.962 bits per heavy atom. The fourth-order valence-corrected chi connectivity index (χ4v) is 3.35. The summed E-state index contributed by atoms with van der Waals surface area (Å²) in [5.74, 6) is 3.67. The molecule has 1 aromatic carbocycles. The number of fused-ring (bicyclic) bond motifs is 2. The molecule has 0 amide bonds. The second-order valence-electron chi connectivity index (χ2n) is 6.34. The van der Waals surface area contributed by atoms with E-state index in [1.165, 1.54) is 6.42 Å². The highest BCUT2D eigenvalue weighted by molar-refractivity contribution is 5.59. The maximum absolute atomic E-state index is 4.64. The lowest BCUT2D eigenvalue weighted by Crippen LogP contribution is -2.11. The van der Waals surface area contributed by atoms with Crippen LogP contribution in [0.15, 0.2) is 42.5 Å². The number of hydrogen-bond donors (Lipinski definition) is 1. The fraction of sp³-hybridized carbons (Fsp3) is 0.278. The highest BCUT2D eigenvalue weighted by Crippen LogP contribution is 2.18. The number of aryl methyl sites for hydroxylation is 1. The molecule has 0 unspecified atom stereocenters. The summed E-state index contributed by atoms with van der Waals surface area (Å²) in [6, 6.07) is 13.8. The fourth-order valence-electron chi connectivity index (χ4n) is 3.35. The van der Waals surface area contributed by atoms with Gasteiger partial charge in [0.25, 0.3) is 0 Å². The summed E-state index contributed by atoms with van der Waals surface area (Å²) in [6.45, 7) is 1.78. The molecule has 8 nitrogen and oxygen atoms in total. The van der Waals surface area contributed by atoms with Gasteiger partial charge in [-0.25, -0.2) is 0 Å². The lowest BCUT2D eigenvalue weighted by atomic mass is 10.2. The van der Waals surface area contributed by atoms with Gasteiger partial charge in [0, 0.05) is 31.5 Å². The van der Waals surface area contributed by atoms with Crippen LogP contribution in [-0.2, 0) is 19.4 Å². The summed E-state index contributed by atoms with van der Waals surface area (Å²) >= 11 is 0. The molecule has 1 aliphatic rings. The van der Waals surface area contributed by atoms with E-state index in [0.717, 1.165) is 60.4 Å². The van der Waals surface area contributed by atoms with Gasteiger partial charge in [0.15, 0.2) is 11.5 Å². The van der Waals surface area contributed by atoms with Crippen molar-refractivity contribution in [2.75, 3.05) is 11.9 Å². The van der Waals surface area contributed by atoms with E-state index in [2.05, 4.69) is 35.4 Å². The molecular weight excluding hydrogens is 328 g/mol. The monoisotopic (exact) mass is 346 g/mol. The zero-order valence-electron chi connectivity index (χ0n) is 14.2. The predicted octanol–water partition coefficient (Wildman–Crippen LogP) is 1.98. The van der Waals surface area contributed by atoms with E-state index in [1.807, 2.05) is 42.5 Å². The van der Waals surface area contributed by atoms with Crippen molar-refractivity contribution in [3.8, 4) is 11.4 Å². The van der Waals surface area contributed by atoms with Crippen LogP contribution in [0, 0.1) is 0 Å². The predicted molar refractivity (Wildman–Crippen MR) is 96.8 cm³/mol. The molecule has 1 N–H and O–H groups in total. The molecule has 4 aromatic rings. The summed E-state index contributed by atoms with van der Waals surface area (Å²) in [5.41, 5.74) is 1.72. The summed E-state index contributed by atoms with van der Waals surface area (Å²) in [4.78, 5) is 0. The minimum Gasteiger partial charge on any atom is -0.368 e. The first-order chi connectivity index (χ1) is 12.9. The molecule has 5 rings (SSSR count). The molecule has 130 valence electrons. The van der Waals surface area contributed by atoms with Crippen LogP contribution in [-0.4, -0.2) is 41.1 Å². The van der Waals surface area contributed by atoms with Crippen molar-refractivity contribution in [3.63, 3.8) is 0 Å². The van der Waals surface area contributed by atoms with Crippen LogP contribution in [0.2, 0.25) is 0 Å². The Bertz CT molecular complexity index is 1050. The van der Waals surface area contributed by atoms with Gasteiger partial charge in [-0.2, -0.15) is 4.52 Å². The maximum Gasteiger partial charge on any atom is 0.185 e. The Morgan fingerprint density at radius 3 is 2.81 bits per heavy atom. The number of nitrogens with one attached hydrogen (secondary N) is 1. The number of aromatic nitrogens is 7. The van der Waals surface area contributed by atoms with Gasteiger partial charge < -0.3 is 9.88 Å². The summed E-state index contributed by atoms with van der Waals surface area (Å²) in [7, 11) is 0. The van der Waals surface area contributed by atoms with Crippen LogP contribution in [0.3, 0.4) is 0 Å². The van der Waals surface area contributed by atoms with E-state index in [9.17, 15) is 0 Å². The topological polar surface area (TPSA) is 85.8 Å². The molecule has 0 aliphatic carbocycles. The second-order valence-corrected chi connectivity index (χ2v) is 6.34. The van der Waals surface area contributed by atoms with Gasteiger partial charge >= 0.3 is 0 Å². The zero-order chi connectivity index (χ0) is 17.3. The molecule has 8 heteroatoms. The molecule has 0 saturated heterocycles.